The smallest absolute Gasteiger partial charge is 0.142 e. The van der Waals surface area contributed by atoms with Crippen molar-refractivity contribution in [3.8, 4) is 0 Å². The molecule has 18 heavy (non-hydrogen) atoms. The molecule has 0 aliphatic carbocycles. The third kappa shape index (κ3) is 1.50. The van der Waals surface area contributed by atoms with E-state index in [1.165, 1.54) is 13.0 Å². The Labute approximate surface area is 106 Å². The van der Waals surface area contributed by atoms with Gasteiger partial charge in [0.05, 0.1) is 5.39 Å². The maximum atomic E-state index is 4.49. The molecular formula is C13H17N5. The first-order chi connectivity index (χ1) is 8.92. The molecule has 0 amide bonds. The summed E-state index contributed by atoms with van der Waals surface area (Å²) in [5.74, 6) is 2.74. The summed E-state index contributed by atoms with van der Waals surface area (Å²) >= 11 is 0. The van der Waals surface area contributed by atoms with Gasteiger partial charge in [0, 0.05) is 19.3 Å². The van der Waals surface area contributed by atoms with Crippen LogP contribution in [-0.2, 0) is 0 Å². The van der Waals surface area contributed by atoms with Crippen LogP contribution >= 0.6 is 0 Å². The van der Waals surface area contributed by atoms with Gasteiger partial charge in [-0.15, -0.1) is 0 Å². The number of aromatic amines is 1. The Morgan fingerprint density at radius 1 is 1.22 bits per heavy atom. The maximum Gasteiger partial charge on any atom is 0.142 e. The average molecular weight is 243 g/mol. The second-order valence-electron chi connectivity index (χ2n) is 5.35. The van der Waals surface area contributed by atoms with Crippen molar-refractivity contribution in [3.05, 3.63) is 18.6 Å². The SMILES string of the molecule is c1nc(N2CCC3CNCC3C2)c2cc[nH]c2n1. The molecule has 2 aromatic rings. The van der Waals surface area contributed by atoms with Gasteiger partial charge in [0.1, 0.15) is 17.8 Å². The standard InChI is InChI=1S/C13H17N5/c1-3-15-12-11(1)13(17-8-16-12)18-4-2-9-5-14-6-10(9)7-18/h1,3,8-10,14H,2,4-7H2,(H,15,16,17). The lowest BCUT2D eigenvalue weighted by molar-refractivity contribution is 0.348. The molecule has 5 heteroatoms. The van der Waals surface area contributed by atoms with Crippen LogP contribution in [0.2, 0.25) is 0 Å². The quantitative estimate of drug-likeness (QED) is 0.784. The van der Waals surface area contributed by atoms with Crippen LogP contribution in [0.4, 0.5) is 5.82 Å². The first-order valence-corrected chi connectivity index (χ1v) is 6.65. The lowest BCUT2D eigenvalue weighted by Gasteiger charge is -2.35. The van der Waals surface area contributed by atoms with Crippen LogP contribution in [0, 0.1) is 11.8 Å². The number of nitrogens with one attached hydrogen (secondary N) is 2. The molecule has 5 nitrogen and oxygen atoms in total. The lowest BCUT2D eigenvalue weighted by atomic mass is 9.88. The van der Waals surface area contributed by atoms with E-state index >= 15 is 0 Å². The number of hydrogen-bond donors (Lipinski definition) is 2. The fourth-order valence-corrected chi connectivity index (χ4v) is 3.34. The minimum Gasteiger partial charge on any atom is -0.356 e. The highest BCUT2D eigenvalue weighted by molar-refractivity contribution is 5.87. The molecule has 2 aromatic heterocycles. The largest absolute Gasteiger partial charge is 0.356 e. The molecule has 0 radical (unpaired) electrons. The molecule has 2 atom stereocenters. The molecule has 2 aliphatic heterocycles. The van der Waals surface area contributed by atoms with Crippen molar-refractivity contribution in [2.75, 3.05) is 31.1 Å². The van der Waals surface area contributed by atoms with E-state index in [4.69, 9.17) is 0 Å². The molecule has 2 unspecified atom stereocenters. The molecule has 4 heterocycles. The average Bonchev–Trinajstić information content (AvgIpc) is 3.05. The van der Waals surface area contributed by atoms with Crippen molar-refractivity contribution >= 4 is 16.9 Å². The summed E-state index contributed by atoms with van der Waals surface area (Å²) in [6.45, 7) is 4.58. The van der Waals surface area contributed by atoms with Crippen molar-refractivity contribution in [2.24, 2.45) is 11.8 Å². The molecule has 4 rings (SSSR count). The van der Waals surface area contributed by atoms with E-state index in [1.54, 1.807) is 6.33 Å². The zero-order valence-corrected chi connectivity index (χ0v) is 10.3. The van der Waals surface area contributed by atoms with Gasteiger partial charge in [-0.25, -0.2) is 9.97 Å². The molecule has 0 aromatic carbocycles. The predicted octanol–water partition coefficient (Wildman–Crippen LogP) is 1.00. The van der Waals surface area contributed by atoms with Crippen LogP contribution in [-0.4, -0.2) is 41.1 Å². The number of anilines is 1. The van der Waals surface area contributed by atoms with E-state index in [-0.39, 0.29) is 0 Å². The first-order valence-electron chi connectivity index (χ1n) is 6.65. The molecule has 2 aliphatic rings. The van der Waals surface area contributed by atoms with Crippen LogP contribution in [0.25, 0.3) is 11.0 Å². The van der Waals surface area contributed by atoms with Crippen LogP contribution in [0.1, 0.15) is 6.42 Å². The van der Waals surface area contributed by atoms with Crippen LogP contribution < -0.4 is 10.2 Å². The van der Waals surface area contributed by atoms with Crippen LogP contribution in [0.5, 0.6) is 0 Å². The monoisotopic (exact) mass is 243 g/mol. The van der Waals surface area contributed by atoms with E-state index in [2.05, 4.69) is 31.2 Å². The fourth-order valence-electron chi connectivity index (χ4n) is 3.34. The number of rotatable bonds is 1. The highest BCUT2D eigenvalue weighted by Crippen LogP contribution is 2.31. The molecule has 0 bridgehead atoms. The Kier molecular flexibility index (Phi) is 2.26. The van der Waals surface area contributed by atoms with Crippen molar-refractivity contribution in [3.63, 3.8) is 0 Å². The molecule has 94 valence electrons. The molecule has 2 saturated heterocycles. The van der Waals surface area contributed by atoms with Crippen molar-refractivity contribution in [1.29, 1.82) is 0 Å². The third-order valence-electron chi connectivity index (χ3n) is 4.34. The van der Waals surface area contributed by atoms with Gasteiger partial charge in [-0.2, -0.15) is 0 Å². The zero-order chi connectivity index (χ0) is 11.9. The van der Waals surface area contributed by atoms with E-state index in [9.17, 15) is 0 Å². The van der Waals surface area contributed by atoms with E-state index in [1.807, 2.05) is 6.20 Å². The molecule has 0 spiro atoms. The topological polar surface area (TPSA) is 56.8 Å². The Balaban J connectivity index is 1.68. The van der Waals surface area contributed by atoms with E-state index < -0.39 is 0 Å². The summed E-state index contributed by atoms with van der Waals surface area (Å²) in [4.78, 5) is 14.3. The number of fused-ring (bicyclic) bond motifs is 2. The number of H-pyrrole nitrogens is 1. The summed E-state index contributed by atoms with van der Waals surface area (Å²) in [6, 6.07) is 2.07. The second kappa shape index (κ2) is 3.95. The second-order valence-corrected chi connectivity index (χ2v) is 5.35. The summed E-state index contributed by atoms with van der Waals surface area (Å²) in [7, 11) is 0. The summed E-state index contributed by atoms with van der Waals surface area (Å²) in [6.07, 6.45) is 4.87. The van der Waals surface area contributed by atoms with E-state index in [0.29, 0.717) is 0 Å². The minimum atomic E-state index is 0.780. The predicted molar refractivity (Wildman–Crippen MR) is 70.6 cm³/mol. The van der Waals surface area contributed by atoms with Crippen molar-refractivity contribution in [1.82, 2.24) is 20.3 Å². The van der Waals surface area contributed by atoms with Gasteiger partial charge in [0.25, 0.3) is 0 Å². The van der Waals surface area contributed by atoms with Gasteiger partial charge in [-0.1, -0.05) is 0 Å². The van der Waals surface area contributed by atoms with Gasteiger partial charge in [-0.05, 0) is 37.4 Å². The van der Waals surface area contributed by atoms with Crippen LogP contribution in [0.15, 0.2) is 18.6 Å². The molecule has 2 fully saturated rings. The number of aromatic nitrogens is 3. The first kappa shape index (κ1) is 10.3. The van der Waals surface area contributed by atoms with Gasteiger partial charge >= 0.3 is 0 Å². The van der Waals surface area contributed by atoms with Crippen molar-refractivity contribution < 1.29 is 0 Å². The minimum absolute atomic E-state index is 0.780. The summed E-state index contributed by atoms with van der Waals surface area (Å²) in [5, 5.41) is 4.64. The lowest BCUT2D eigenvalue weighted by Crippen LogP contribution is -2.40. The van der Waals surface area contributed by atoms with Gasteiger partial charge < -0.3 is 15.2 Å². The normalized spacial score (nSPS) is 27.7. The Hall–Kier alpha value is -1.62. The van der Waals surface area contributed by atoms with Crippen LogP contribution in [0.3, 0.4) is 0 Å². The fraction of sp³-hybridized carbons (Fsp3) is 0.538. The van der Waals surface area contributed by atoms with Crippen molar-refractivity contribution in [2.45, 2.75) is 6.42 Å². The Bertz CT molecular complexity index is 563. The summed E-state index contributed by atoms with van der Waals surface area (Å²) < 4.78 is 0. The number of nitrogens with zero attached hydrogens (tertiary/aromatic N) is 3. The van der Waals surface area contributed by atoms with Gasteiger partial charge in [0.2, 0.25) is 0 Å². The highest BCUT2D eigenvalue weighted by Gasteiger charge is 2.33. The van der Waals surface area contributed by atoms with E-state index in [0.717, 1.165) is 48.3 Å². The Morgan fingerprint density at radius 3 is 3.17 bits per heavy atom. The molecule has 0 saturated carbocycles. The molecular weight excluding hydrogens is 226 g/mol. The molecule has 2 N–H and O–H groups in total. The van der Waals surface area contributed by atoms with Gasteiger partial charge in [-0.3, -0.25) is 0 Å². The number of hydrogen-bond acceptors (Lipinski definition) is 4. The third-order valence-corrected chi connectivity index (χ3v) is 4.34. The zero-order valence-electron chi connectivity index (χ0n) is 10.3. The summed E-state index contributed by atoms with van der Waals surface area (Å²) in [5.41, 5.74) is 0.937. The number of piperidine rings is 1. The highest BCUT2D eigenvalue weighted by atomic mass is 15.2. The van der Waals surface area contributed by atoms with Gasteiger partial charge in [0.15, 0.2) is 0 Å². The maximum absolute atomic E-state index is 4.49. The Morgan fingerprint density at radius 2 is 2.17 bits per heavy atom.